The number of aromatic nitrogens is 3. The molecular formula is C11H10FN5O. The molecule has 0 saturated heterocycles. The number of carbonyl (C=O) groups is 1. The van der Waals surface area contributed by atoms with E-state index < -0.39 is 11.7 Å². The summed E-state index contributed by atoms with van der Waals surface area (Å²) in [5.74, 6) is -1.04. The lowest BCUT2D eigenvalue weighted by Crippen LogP contribution is -2.16. The summed E-state index contributed by atoms with van der Waals surface area (Å²) < 4.78 is 13.8. The largest absolute Gasteiger partial charge is 0.371 e. The molecule has 2 aromatic rings. The van der Waals surface area contributed by atoms with Crippen molar-refractivity contribution >= 4 is 17.5 Å². The van der Waals surface area contributed by atoms with Gasteiger partial charge < -0.3 is 10.6 Å². The van der Waals surface area contributed by atoms with Gasteiger partial charge in [-0.1, -0.05) is 0 Å². The molecule has 2 rings (SSSR count). The topological polar surface area (TPSA) is 79.8 Å². The Labute approximate surface area is 102 Å². The quantitative estimate of drug-likeness (QED) is 0.854. The molecule has 7 heteroatoms. The highest BCUT2D eigenvalue weighted by Crippen LogP contribution is 2.15. The second-order valence-corrected chi connectivity index (χ2v) is 3.33. The number of nitrogens with zero attached hydrogens (tertiary/aromatic N) is 3. The first-order chi connectivity index (χ1) is 8.72. The number of hydrogen-bond donors (Lipinski definition) is 2. The molecular weight excluding hydrogens is 237 g/mol. The second kappa shape index (κ2) is 5.17. The molecule has 0 aliphatic carbocycles. The molecule has 0 unspecified atom stereocenters. The lowest BCUT2D eigenvalue weighted by molar-refractivity contribution is 0.102. The van der Waals surface area contributed by atoms with Crippen molar-refractivity contribution in [2.24, 2.45) is 0 Å². The summed E-state index contributed by atoms with van der Waals surface area (Å²) in [5, 5.41) is 12.3. The first-order valence-electron chi connectivity index (χ1n) is 5.13. The molecule has 0 aliphatic heterocycles. The predicted molar refractivity (Wildman–Crippen MR) is 63.7 cm³/mol. The van der Waals surface area contributed by atoms with Gasteiger partial charge in [0.2, 0.25) is 0 Å². The number of hydrogen-bond acceptors (Lipinski definition) is 5. The van der Waals surface area contributed by atoms with Gasteiger partial charge in [0.15, 0.2) is 17.5 Å². The summed E-state index contributed by atoms with van der Waals surface area (Å²) in [4.78, 5) is 15.6. The van der Waals surface area contributed by atoms with E-state index in [0.717, 1.165) is 0 Å². The van der Waals surface area contributed by atoms with Crippen LogP contribution in [0.15, 0.2) is 30.6 Å². The molecule has 0 bridgehead atoms. The zero-order chi connectivity index (χ0) is 13.0. The van der Waals surface area contributed by atoms with Crippen LogP contribution in [0.5, 0.6) is 0 Å². The third kappa shape index (κ3) is 2.40. The zero-order valence-electron chi connectivity index (χ0n) is 9.51. The Morgan fingerprint density at radius 2 is 2.17 bits per heavy atom. The predicted octanol–water partition coefficient (Wildman–Crippen LogP) is 1.30. The number of anilines is 2. The minimum Gasteiger partial charge on any atom is -0.371 e. The van der Waals surface area contributed by atoms with Gasteiger partial charge in [0.1, 0.15) is 0 Å². The van der Waals surface area contributed by atoms with Crippen molar-refractivity contribution in [2.45, 2.75) is 0 Å². The molecule has 1 amide bonds. The van der Waals surface area contributed by atoms with Gasteiger partial charge in [-0.3, -0.25) is 4.79 Å². The Bertz CT molecular complexity index is 561. The van der Waals surface area contributed by atoms with Gasteiger partial charge in [-0.2, -0.15) is 5.10 Å². The smallest absolute Gasteiger partial charge is 0.260 e. The van der Waals surface area contributed by atoms with Crippen molar-refractivity contribution in [3.8, 4) is 0 Å². The summed E-state index contributed by atoms with van der Waals surface area (Å²) >= 11 is 0. The molecule has 2 N–H and O–H groups in total. The van der Waals surface area contributed by atoms with E-state index in [4.69, 9.17) is 0 Å². The average Bonchev–Trinajstić information content (AvgIpc) is 2.40. The summed E-state index contributed by atoms with van der Waals surface area (Å²) in [6, 6.07) is 4.47. The fourth-order valence-corrected chi connectivity index (χ4v) is 1.35. The van der Waals surface area contributed by atoms with Crippen LogP contribution in [0, 0.1) is 5.82 Å². The summed E-state index contributed by atoms with van der Waals surface area (Å²) in [5.41, 5.74) is -0.111. The summed E-state index contributed by atoms with van der Waals surface area (Å²) in [6.07, 6.45) is 2.82. The average molecular weight is 247 g/mol. The van der Waals surface area contributed by atoms with E-state index in [0.29, 0.717) is 0 Å². The molecule has 0 aliphatic rings. The van der Waals surface area contributed by atoms with Gasteiger partial charge in [-0.15, -0.1) is 5.10 Å². The Morgan fingerprint density at radius 3 is 2.83 bits per heavy atom. The van der Waals surface area contributed by atoms with Crippen LogP contribution in [-0.2, 0) is 0 Å². The standard InChI is InChI=1S/C11H10FN5O/c1-13-10-9(12)7(4-6-14-10)11(18)16-8-3-2-5-15-17-8/h2-6H,1H3,(H,13,14)(H,16,17,18). The third-order valence-corrected chi connectivity index (χ3v) is 2.18. The first kappa shape index (κ1) is 11.9. The fourth-order valence-electron chi connectivity index (χ4n) is 1.35. The molecule has 2 aromatic heterocycles. The fraction of sp³-hybridized carbons (Fsp3) is 0.0909. The molecule has 92 valence electrons. The summed E-state index contributed by atoms with van der Waals surface area (Å²) in [6.45, 7) is 0. The number of rotatable bonds is 3. The highest BCUT2D eigenvalue weighted by Gasteiger charge is 2.15. The van der Waals surface area contributed by atoms with Gasteiger partial charge in [-0.25, -0.2) is 9.37 Å². The van der Waals surface area contributed by atoms with Gasteiger partial charge >= 0.3 is 0 Å². The third-order valence-electron chi connectivity index (χ3n) is 2.18. The molecule has 0 fully saturated rings. The number of carbonyl (C=O) groups excluding carboxylic acids is 1. The molecule has 0 atom stereocenters. The number of nitrogens with one attached hydrogen (secondary N) is 2. The lowest BCUT2D eigenvalue weighted by atomic mass is 10.2. The van der Waals surface area contributed by atoms with E-state index in [-0.39, 0.29) is 17.2 Å². The highest BCUT2D eigenvalue weighted by atomic mass is 19.1. The van der Waals surface area contributed by atoms with Crippen LogP contribution >= 0.6 is 0 Å². The molecule has 0 aromatic carbocycles. The van der Waals surface area contributed by atoms with Crippen molar-refractivity contribution in [3.05, 3.63) is 42.0 Å². The zero-order valence-corrected chi connectivity index (χ0v) is 9.51. The van der Waals surface area contributed by atoms with Crippen molar-refractivity contribution in [2.75, 3.05) is 17.7 Å². The Kier molecular flexibility index (Phi) is 3.42. The van der Waals surface area contributed by atoms with Crippen molar-refractivity contribution in [1.29, 1.82) is 0 Å². The summed E-state index contributed by atoms with van der Waals surface area (Å²) in [7, 11) is 1.52. The molecule has 6 nitrogen and oxygen atoms in total. The van der Waals surface area contributed by atoms with E-state index >= 15 is 0 Å². The van der Waals surface area contributed by atoms with E-state index in [9.17, 15) is 9.18 Å². The van der Waals surface area contributed by atoms with Crippen LogP contribution in [0.2, 0.25) is 0 Å². The first-order valence-corrected chi connectivity index (χ1v) is 5.13. The lowest BCUT2D eigenvalue weighted by Gasteiger charge is -2.07. The normalized spacial score (nSPS) is 9.89. The molecule has 0 radical (unpaired) electrons. The van der Waals surface area contributed by atoms with Crippen LogP contribution in [0.4, 0.5) is 16.0 Å². The molecule has 0 spiro atoms. The Hall–Kier alpha value is -2.57. The van der Waals surface area contributed by atoms with Crippen molar-refractivity contribution in [3.63, 3.8) is 0 Å². The Morgan fingerprint density at radius 1 is 1.33 bits per heavy atom. The minimum atomic E-state index is -0.707. The van der Waals surface area contributed by atoms with Crippen LogP contribution < -0.4 is 10.6 Å². The highest BCUT2D eigenvalue weighted by molar-refractivity contribution is 6.04. The maximum Gasteiger partial charge on any atom is 0.260 e. The number of amides is 1. The van der Waals surface area contributed by atoms with Crippen LogP contribution in [0.25, 0.3) is 0 Å². The monoisotopic (exact) mass is 247 g/mol. The minimum absolute atomic E-state index is 0.0156. The van der Waals surface area contributed by atoms with Gasteiger partial charge in [0.05, 0.1) is 5.56 Å². The number of pyridine rings is 1. The number of halogens is 1. The van der Waals surface area contributed by atoms with Gasteiger partial charge in [0, 0.05) is 19.4 Å². The maximum atomic E-state index is 13.8. The van der Waals surface area contributed by atoms with Gasteiger partial charge in [-0.05, 0) is 18.2 Å². The Balaban J connectivity index is 2.24. The van der Waals surface area contributed by atoms with Crippen molar-refractivity contribution < 1.29 is 9.18 Å². The van der Waals surface area contributed by atoms with Crippen LogP contribution in [-0.4, -0.2) is 28.1 Å². The van der Waals surface area contributed by atoms with E-state index in [1.54, 1.807) is 12.1 Å². The second-order valence-electron chi connectivity index (χ2n) is 3.33. The van der Waals surface area contributed by atoms with Gasteiger partial charge in [0.25, 0.3) is 5.91 Å². The SMILES string of the molecule is CNc1nccc(C(=O)Nc2cccnn2)c1F. The van der Waals surface area contributed by atoms with E-state index in [1.807, 2.05) is 0 Å². The van der Waals surface area contributed by atoms with E-state index in [1.165, 1.54) is 25.5 Å². The molecule has 2 heterocycles. The van der Waals surface area contributed by atoms with E-state index in [2.05, 4.69) is 25.8 Å². The van der Waals surface area contributed by atoms with Crippen LogP contribution in [0.1, 0.15) is 10.4 Å². The molecule has 18 heavy (non-hydrogen) atoms. The maximum absolute atomic E-state index is 13.8. The van der Waals surface area contributed by atoms with Crippen molar-refractivity contribution in [1.82, 2.24) is 15.2 Å². The van der Waals surface area contributed by atoms with Crippen LogP contribution in [0.3, 0.4) is 0 Å². The molecule has 0 saturated carbocycles.